The average Bonchev–Trinajstić information content (AvgIpc) is 2.86. The first-order chi connectivity index (χ1) is 9.58. The van der Waals surface area contributed by atoms with E-state index in [9.17, 15) is 4.79 Å². The van der Waals surface area contributed by atoms with Crippen LogP contribution in [0.25, 0.3) is 10.9 Å². The summed E-state index contributed by atoms with van der Waals surface area (Å²) >= 11 is 18.2. The molecule has 0 aliphatic carbocycles. The van der Waals surface area contributed by atoms with Crippen LogP contribution in [0.15, 0.2) is 42.6 Å². The maximum Gasteiger partial charge on any atom is 0.196 e. The second-order valence-electron chi connectivity index (χ2n) is 4.32. The number of nitrogens with one attached hydrogen (secondary N) is 1. The highest BCUT2D eigenvalue weighted by Gasteiger charge is 2.18. The lowest BCUT2D eigenvalue weighted by Gasteiger charge is -2.04. The summed E-state index contributed by atoms with van der Waals surface area (Å²) in [7, 11) is 0. The second kappa shape index (κ2) is 5.13. The molecule has 0 atom stereocenters. The first kappa shape index (κ1) is 13.5. The molecule has 0 saturated heterocycles. The van der Waals surface area contributed by atoms with Crippen LogP contribution in [0.4, 0.5) is 0 Å². The van der Waals surface area contributed by atoms with Gasteiger partial charge in [0, 0.05) is 33.2 Å². The monoisotopic (exact) mass is 323 g/mol. The summed E-state index contributed by atoms with van der Waals surface area (Å²) in [4.78, 5) is 15.7. The van der Waals surface area contributed by atoms with Crippen LogP contribution in [0.1, 0.15) is 15.9 Å². The Morgan fingerprint density at radius 2 is 1.75 bits per heavy atom. The zero-order valence-electron chi connectivity index (χ0n) is 10.1. The molecular formula is C15H8Cl3NO. The third-order valence-corrected chi connectivity index (χ3v) is 3.95. The summed E-state index contributed by atoms with van der Waals surface area (Å²) in [6.45, 7) is 0. The van der Waals surface area contributed by atoms with Gasteiger partial charge in [0.05, 0.1) is 10.0 Å². The van der Waals surface area contributed by atoms with Crippen LogP contribution in [0.5, 0.6) is 0 Å². The predicted octanol–water partition coefficient (Wildman–Crippen LogP) is 5.36. The van der Waals surface area contributed by atoms with E-state index in [0.717, 1.165) is 5.52 Å². The van der Waals surface area contributed by atoms with E-state index in [4.69, 9.17) is 34.8 Å². The third-order valence-electron chi connectivity index (χ3n) is 3.07. The number of rotatable bonds is 2. The molecule has 1 heterocycles. The Bertz CT molecular complexity index is 823. The van der Waals surface area contributed by atoms with Gasteiger partial charge in [0.1, 0.15) is 0 Å². The molecule has 0 saturated carbocycles. The number of aromatic amines is 1. The van der Waals surface area contributed by atoms with Crippen molar-refractivity contribution in [3.8, 4) is 0 Å². The quantitative estimate of drug-likeness (QED) is 0.632. The first-order valence-electron chi connectivity index (χ1n) is 5.83. The standard InChI is InChI=1S/C15H8Cl3NO/c16-8-4-5-11(17)9(6-8)15(20)10-7-19-13-3-1-2-12(18)14(10)13/h1-7,19H. The first-order valence-corrected chi connectivity index (χ1v) is 6.96. The van der Waals surface area contributed by atoms with Gasteiger partial charge in [-0.1, -0.05) is 40.9 Å². The van der Waals surface area contributed by atoms with Crippen molar-refractivity contribution in [3.05, 3.63) is 68.8 Å². The highest BCUT2D eigenvalue weighted by Crippen LogP contribution is 2.30. The molecule has 0 aliphatic rings. The van der Waals surface area contributed by atoms with Gasteiger partial charge in [-0.25, -0.2) is 0 Å². The molecule has 0 fully saturated rings. The van der Waals surface area contributed by atoms with Gasteiger partial charge < -0.3 is 4.98 Å². The second-order valence-corrected chi connectivity index (χ2v) is 5.57. The molecule has 0 amide bonds. The van der Waals surface area contributed by atoms with Gasteiger partial charge in [-0.05, 0) is 30.3 Å². The largest absolute Gasteiger partial charge is 0.360 e. The van der Waals surface area contributed by atoms with Crippen molar-refractivity contribution in [3.63, 3.8) is 0 Å². The van der Waals surface area contributed by atoms with Crippen molar-refractivity contribution in [1.82, 2.24) is 4.98 Å². The van der Waals surface area contributed by atoms with Crippen molar-refractivity contribution < 1.29 is 4.79 Å². The molecule has 0 aliphatic heterocycles. The number of fused-ring (bicyclic) bond motifs is 1. The number of hydrogen-bond donors (Lipinski definition) is 1. The summed E-state index contributed by atoms with van der Waals surface area (Å²) < 4.78 is 0. The predicted molar refractivity (Wildman–Crippen MR) is 83.2 cm³/mol. The number of halogens is 3. The van der Waals surface area contributed by atoms with Crippen molar-refractivity contribution in [2.24, 2.45) is 0 Å². The topological polar surface area (TPSA) is 32.9 Å². The molecule has 1 aromatic heterocycles. The molecule has 2 nitrogen and oxygen atoms in total. The normalized spacial score (nSPS) is 10.9. The Kier molecular flexibility index (Phi) is 3.47. The molecule has 2 aromatic carbocycles. The molecule has 3 aromatic rings. The molecule has 3 rings (SSSR count). The van der Waals surface area contributed by atoms with Gasteiger partial charge in [0.25, 0.3) is 0 Å². The fourth-order valence-corrected chi connectivity index (χ4v) is 2.79. The number of carbonyl (C=O) groups is 1. The van der Waals surface area contributed by atoms with Gasteiger partial charge in [-0.2, -0.15) is 0 Å². The smallest absolute Gasteiger partial charge is 0.196 e. The van der Waals surface area contributed by atoms with E-state index < -0.39 is 0 Å². The van der Waals surface area contributed by atoms with E-state index in [0.29, 0.717) is 31.6 Å². The summed E-state index contributed by atoms with van der Waals surface area (Å²) in [5.74, 6) is -0.211. The van der Waals surface area contributed by atoms with Crippen LogP contribution in [-0.2, 0) is 0 Å². The lowest BCUT2D eigenvalue weighted by Crippen LogP contribution is -2.01. The molecule has 1 N–H and O–H groups in total. The van der Waals surface area contributed by atoms with Crippen LogP contribution in [0.2, 0.25) is 15.1 Å². The van der Waals surface area contributed by atoms with Gasteiger partial charge in [-0.3, -0.25) is 4.79 Å². The minimum Gasteiger partial charge on any atom is -0.360 e. The van der Waals surface area contributed by atoms with Gasteiger partial charge in [0.2, 0.25) is 0 Å². The minimum atomic E-state index is -0.211. The van der Waals surface area contributed by atoms with E-state index in [1.807, 2.05) is 12.1 Å². The Morgan fingerprint density at radius 3 is 2.55 bits per heavy atom. The SMILES string of the molecule is O=C(c1cc(Cl)ccc1Cl)c1c[nH]c2cccc(Cl)c12. The molecule has 5 heteroatoms. The van der Waals surface area contributed by atoms with E-state index in [2.05, 4.69) is 4.98 Å². The van der Waals surface area contributed by atoms with Crippen LogP contribution in [0.3, 0.4) is 0 Å². The van der Waals surface area contributed by atoms with Gasteiger partial charge in [0.15, 0.2) is 5.78 Å². The minimum absolute atomic E-state index is 0.211. The lowest BCUT2D eigenvalue weighted by atomic mass is 10.0. The molecule has 0 unspecified atom stereocenters. The number of H-pyrrole nitrogens is 1. The zero-order chi connectivity index (χ0) is 14.3. The van der Waals surface area contributed by atoms with Crippen LogP contribution in [0, 0.1) is 0 Å². The molecule has 20 heavy (non-hydrogen) atoms. The summed E-state index contributed by atoms with van der Waals surface area (Å²) in [5, 5.41) is 2.03. The molecule has 0 bridgehead atoms. The Labute approximate surface area is 130 Å². The number of benzene rings is 2. The molecular weight excluding hydrogens is 317 g/mol. The van der Waals surface area contributed by atoms with E-state index in [1.165, 1.54) is 0 Å². The molecule has 0 spiro atoms. The Hall–Kier alpha value is -1.48. The zero-order valence-corrected chi connectivity index (χ0v) is 12.4. The maximum absolute atomic E-state index is 12.6. The Balaban J connectivity index is 2.21. The third kappa shape index (κ3) is 2.20. The highest BCUT2D eigenvalue weighted by atomic mass is 35.5. The van der Waals surface area contributed by atoms with Crippen molar-refractivity contribution in [2.75, 3.05) is 0 Å². The summed E-state index contributed by atoms with van der Waals surface area (Å²) in [6.07, 6.45) is 1.64. The average molecular weight is 325 g/mol. The summed E-state index contributed by atoms with van der Waals surface area (Å²) in [5.41, 5.74) is 1.65. The maximum atomic E-state index is 12.6. The fourth-order valence-electron chi connectivity index (χ4n) is 2.14. The number of aromatic nitrogens is 1. The van der Waals surface area contributed by atoms with Gasteiger partial charge >= 0.3 is 0 Å². The lowest BCUT2D eigenvalue weighted by molar-refractivity contribution is 0.104. The van der Waals surface area contributed by atoms with Crippen molar-refractivity contribution in [2.45, 2.75) is 0 Å². The van der Waals surface area contributed by atoms with E-state index >= 15 is 0 Å². The van der Waals surface area contributed by atoms with E-state index in [-0.39, 0.29) is 5.78 Å². The number of carbonyl (C=O) groups excluding carboxylic acids is 1. The number of ketones is 1. The van der Waals surface area contributed by atoms with Crippen LogP contribution < -0.4 is 0 Å². The molecule has 100 valence electrons. The van der Waals surface area contributed by atoms with Crippen LogP contribution >= 0.6 is 34.8 Å². The summed E-state index contributed by atoms with van der Waals surface area (Å²) in [6, 6.07) is 10.2. The van der Waals surface area contributed by atoms with Crippen LogP contribution in [-0.4, -0.2) is 10.8 Å². The van der Waals surface area contributed by atoms with Gasteiger partial charge in [-0.15, -0.1) is 0 Å². The van der Waals surface area contributed by atoms with E-state index in [1.54, 1.807) is 30.5 Å². The fraction of sp³-hybridized carbons (Fsp3) is 0. The highest BCUT2D eigenvalue weighted by molar-refractivity contribution is 6.39. The van der Waals surface area contributed by atoms with Crippen molar-refractivity contribution in [1.29, 1.82) is 0 Å². The Morgan fingerprint density at radius 1 is 0.950 bits per heavy atom. The molecule has 0 radical (unpaired) electrons. The van der Waals surface area contributed by atoms with Crippen molar-refractivity contribution >= 4 is 51.5 Å². The number of hydrogen-bond acceptors (Lipinski definition) is 1.